The second-order valence-electron chi connectivity index (χ2n) is 5.78. The van der Waals surface area contributed by atoms with E-state index < -0.39 is 5.97 Å². The number of ether oxygens (including phenoxy) is 1. The lowest BCUT2D eigenvalue weighted by Crippen LogP contribution is -2.22. The molecule has 2 aromatic carbocycles. The van der Waals surface area contributed by atoms with Crippen molar-refractivity contribution >= 4 is 17.6 Å². The second kappa shape index (κ2) is 7.54. The summed E-state index contributed by atoms with van der Waals surface area (Å²) in [6.45, 7) is 0. The average molecular weight is 371 g/mol. The Hall–Kier alpha value is -2.92. The first-order valence-corrected chi connectivity index (χ1v) is 8.41. The van der Waals surface area contributed by atoms with E-state index in [9.17, 15) is 15.0 Å². The van der Waals surface area contributed by atoms with Crippen LogP contribution in [0.5, 0.6) is 11.5 Å². The van der Waals surface area contributed by atoms with E-state index in [1.807, 2.05) is 41.0 Å². The number of hydrogen-bond acceptors (Lipinski definition) is 4. The number of carboxylic acid groups (broad SMARTS) is 1. The summed E-state index contributed by atoms with van der Waals surface area (Å²) in [6, 6.07) is 15.9. The van der Waals surface area contributed by atoms with Crippen LogP contribution >= 0.6 is 11.6 Å². The minimum atomic E-state index is -1.13. The zero-order chi connectivity index (χ0) is 18.7. The predicted molar refractivity (Wildman–Crippen MR) is 97.8 cm³/mol. The van der Waals surface area contributed by atoms with Crippen LogP contribution in [0.4, 0.5) is 0 Å². The lowest BCUT2D eigenvalue weighted by Gasteiger charge is -2.16. The molecule has 0 fully saturated rings. The van der Waals surface area contributed by atoms with Crippen LogP contribution < -0.4 is 9.84 Å². The summed E-state index contributed by atoms with van der Waals surface area (Å²) >= 11 is 6.11. The summed E-state index contributed by atoms with van der Waals surface area (Å²) in [5.41, 5.74) is 2.92. The number of methoxy groups -OCH3 is 1. The van der Waals surface area contributed by atoms with E-state index >= 15 is 0 Å². The number of carbonyl (C=O) groups excluding carboxylic acids is 1. The van der Waals surface area contributed by atoms with Crippen molar-refractivity contribution in [2.45, 2.75) is 12.8 Å². The highest BCUT2D eigenvalue weighted by atomic mass is 35.5. The first-order chi connectivity index (χ1) is 12.5. The highest BCUT2D eigenvalue weighted by Gasteiger charge is 2.15. The Morgan fingerprint density at radius 2 is 1.88 bits per heavy atom. The van der Waals surface area contributed by atoms with Crippen LogP contribution in [-0.4, -0.2) is 22.8 Å². The zero-order valence-corrected chi connectivity index (χ0v) is 14.9. The predicted octanol–water partition coefficient (Wildman–Crippen LogP) is 3.19. The number of phenolic OH excluding ortho intramolecular Hbond substituents is 1. The van der Waals surface area contributed by atoms with Crippen LogP contribution in [-0.2, 0) is 11.2 Å². The van der Waals surface area contributed by atoms with Gasteiger partial charge in [0.05, 0.1) is 18.5 Å². The highest BCUT2D eigenvalue weighted by Crippen LogP contribution is 2.33. The number of phenols is 1. The molecule has 0 saturated heterocycles. The Morgan fingerprint density at radius 1 is 1.15 bits per heavy atom. The van der Waals surface area contributed by atoms with Crippen LogP contribution in [0.2, 0.25) is 5.02 Å². The minimum absolute atomic E-state index is 0.0510. The Morgan fingerprint density at radius 3 is 2.54 bits per heavy atom. The third kappa shape index (κ3) is 3.68. The summed E-state index contributed by atoms with van der Waals surface area (Å²) in [6.07, 6.45) is 0.151. The molecule has 0 aliphatic rings. The molecule has 0 atom stereocenters. The molecule has 26 heavy (non-hydrogen) atoms. The molecule has 0 spiro atoms. The number of aromatic hydroxyl groups is 1. The van der Waals surface area contributed by atoms with Gasteiger partial charge in [-0.1, -0.05) is 11.6 Å². The summed E-state index contributed by atoms with van der Waals surface area (Å²) < 4.78 is 7.00. The molecule has 6 heteroatoms. The fourth-order valence-corrected chi connectivity index (χ4v) is 3.02. The van der Waals surface area contributed by atoms with Crippen LogP contribution in [0.25, 0.3) is 16.9 Å². The van der Waals surface area contributed by atoms with Gasteiger partial charge in [-0.2, -0.15) is 0 Å². The van der Waals surface area contributed by atoms with Crippen molar-refractivity contribution in [3.05, 3.63) is 65.3 Å². The number of benzene rings is 2. The molecule has 1 N–H and O–H groups in total. The molecular formula is C20H17ClNO4-. The third-order valence-corrected chi connectivity index (χ3v) is 4.35. The molecule has 0 aliphatic carbocycles. The standard InChI is InChI=1S/C20H18ClNO4/c1-26-16-7-2-13(3-8-16)17-9-5-15(6-11-20(24)25)22(17)18-12-14(21)4-10-19(18)23/h2-5,7-10,12,23H,6,11H2,1H3,(H,24,25)/p-1. The van der Waals surface area contributed by atoms with Crippen LogP contribution in [0.3, 0.4) is 0 Å². The topological polar surface area (TPSA) is 74.5 Å². The summed E-state index contributed by atoms with van der Waals surface area (Å²) in [5.74, 6) is -0.344. The number of carbonyl (C=O) groups is 1. The lowest BCUT2D eigenvalue weighted by molar-refractivity contribution is -0.305. The first-order valence-electron chi connectivity index (χ1n) is 8.03. The number of rotatable bonds is 6. The van der Waals surface area contributed by atoms with Gasteiger partial charge in [-0.15, -0.1) is 0 Å². The van der Waals surface area contributed by atoms with Gasteiger partial charge in [-0.05, 0) is 73.0 Å². The van der Waals surface area contributed by atoms with Crippen molar-refractivity contribution in [2.75, 3.05) is 7.11 Å². The molecular weight excluding hydrogens is 354 g/mol. The van der Waals surface area contributed by atoms with Crippen LogP contribution in [0, 0.1) is 0 Å². The van der Waals surface area contributed by atoms with E-state index in [1.54, 1.807) is 19.2 Å². The molecule has 0 radical (unpaired) electrons. The van der Waals surface area contributed by atoms with Gasteiger partial charge < -0.3 is 24.3 Å². The van der Waals surface area contributed by atoms with Gasteiger partial charge in [0.15, 0.2) is 0 Å². The van der Waals surface area contributed by atoms with Gasteiger partial charge in [0, 0.05) is 16.7 Å². The molecule has 134 valence electrons. The highest BCUT2D eigenvalue weighted by molar-refractivity contribution is 6.30. The van der Waals surface area contributed by atoms with E-state index in [1.165, 1.54) is 6.07 Å². The van der Waals surface area contributed by atoms with Gasteiger partial charge in [0.25, 0.3) is 0 Å². The largest absolute Gasteiger partial charge is 0.550 e. The van der Waals surface area contributed by atoms with Crippen molar-refractivity contribution in [1.29, 1.82) is 0 Å². The molecule has 1 heterocycles. The lowest BCUT2D eigenvalue weighted by atomic mass is 10.1. The van der Waals surface area contributed by atoms with Crippen molar-refractivity contribution in [1.82, 2.24) is 4.57 Å². The molecule has 3 aromatic rings. The number of halogens is 1. The molecule has 0 unspecified atom stereocenters. The summed E-state index contributed by atoms with van der Waals surface area (Å²) in [4.78, 5) is 10.9. The maximum atomic E-state index is 10.9. The third-order valence-electron chi connectivity index (χ3n) is 4.11. The Kier molecular flexibility index (Phi) is 5.19. The number of aryl methyl sites for hydroxylation is 1. The van der Waals surface area contributed by atoms with Crippen molar-refractivity contribution in [2.24, 2.45) is 0 Å². The number of aliphatic carboxylic acids is 1. The normalized spacial score (nSPS) is 10.7. The number of carboxylic acids is 1. The molecule has 1 aromatic heterocycles. The zero-order valence-electron chi connectivity index (χ0n) is 14.1. The van der Waals surface area contributed by atoms with Gasteiger partial charge >= 0.3 is 0 Å². The average Bonchev–Trinajstić information content (AvgIpc) is 3.05. The molecule has 5 nitrogen and oxygen atoms in total. The summed E-state index contributed by atoms with van der Waals surface area (Å²) in [5, 5.41) is 21.7. The molecule has 3 rings (SSSR count). The fourth-order valence-electron chi connectivity index (χ4n) is 2.85. The van der Waals surface area contributed by atoms with E-state index in [0.29, 0.717) is 10.7 Å². The van der Waals surface area contributed by atoms with Crippen molar-refractivity contribution in [3.8, 4) is 28.4 Å². The monoisotopic (exact) mass is 370 g/mol. The van der Waals surface area contributed by atoms with Gasteiger partial charge in [0.2, 0.25) is 0 Å². The molecule has 0 aliphatic heterocycles. The van der Waals surface area contributed by atoms with E-state index in [-0.39, 0.29) is 18.6 Å². The molecule has 0 bridgehead atoms. The minimum Gasteiger partial charge on any atom is -0.550 e. The molecule has 0 saturated carbocycles. The Bertz CT molecular complexity index is 931. The van der Waals surface area contributed by atoms with Crippen LogP contribution in [0.15, 0.2) is 54.6 Å². The fraction of sp³-hybridized carbons (Fsp3) is 0.150. The Balaban J connectivity index is 2.15. The van der Waals surface area contributed by atoms with Crippen molar-refractivity contribution < 1.29 is 19.7 Å². The van der Waals surface area contributed by atoms with Gasteiger partial charge in [-0.25, -0.2) is 0 Å². The quantitative estimate of drug-likeness (QED) is 0.723. The first kappa shape index (κ1) is 17.9. The van der Waals surface area contributed by atoms with Gasteiger partial charge in [-0.3, -0.25) is 0 Å². The van der Waals surface area contributed by atoms with Crippen molar-refractivity contribution in [3.63, 3.8) is 0 Å². The number of nitrogens with zero attached hydrogens (tertiary/aromatic N) is 1. The van der Waals surface area contributed by atoms with E-state index in [0.717, 1.165) is 22.7 Å². The van der Waals surface area contributed by atoms with Gasteiger partial charge in [0.1, 0.15) is 11.5 Å². The smallest absolute Gasteiger partial charge is 0.139 e. The number of hydrogen-bond donors (Lipinski definition) is 1. The van der Waals surface area contributed by atoms with Crippen LogP contribution in [0.1, 0.15) is 12.1 Å². The second-order valence-corrected chi connectivity index (χ2v) is 6.22. The maximum Gasteiger partial charge on any atom is 0.139 e. The SMILES string of the molecule is COc1ccc(-c2ccc(CCC(=O)[O-])n2-c2cc(Cl)ccc2O)cc1. The maximum absolute atomic E-state index is 10.9. The van der Waals surface area contributed by atoms with E-state index in [4.69, 9.17) is 16.3 Å². The number of aromatic nitrogens is 1. The van der Waals surface area contributed by atoms with E-state index in [2.05, 4.69) is 0 Å². The summed E-state index contributed by atoms with van der Waals surface area (Å²) in [7, 11) is 1.60. The Labute approximate surface area is 156 Å². The molecule has 0 amide bonds.